The van der Waals surface area contributed by atoms with Gasteiger partial charge in [-0.1, -0.05) is 12.1 Å². The fourth-order valence-corrected chi connectivity index (χ4v) is 2.86. The van der Waals surface area contributed by atoms with Gasteiger partial charge in [-0.25, -0.2) is 4.98 Å². The summed E-state index contributed by atoms with van der Waals surface area (Å²) < 4.78 is 0. The number of rotatable bonds is 6. The minimum Gasteiger partial charge on any atom is -0.325 e. The lowest BCUT2D eigenvalue weighted by Crippen LogP contribution is -2.28. The lowest BCUT2D eigenvalue weighted by atomic mass is 9.96. The molecule has 0 radical (unpaired) electrons. The van der Waals surface area contributed by atoms with Crippen molar-refractivity contribution < 1.29 is 0 Å². The van der Waals surface area contributed by atoms with Crippen molar-refractivity contribution in [2.75, 3.05) is 10.6 Å². The van der Waals surface area contributed by atoms with Gasteiger partial charge in [-0.3, -0.25) is 5.10 Å². The van der Waals surface area contributed by atoms with Crippen molar-refractivity contribution in [3.63, 3.8) is 0 Å². The summed E-state index contributed by atoms with van der Waals surface area (Å²) >= 11 is 0. The zero-order valence-corrected chi connectivity index (χ0v) is 15.9. The van der Waals surface area contributed by atoms with E-state index in [0.717, 1.165) is 34.1 Å². The minimum absolute atomic E-state index is 0.362. The summed E-state index contributed by atoms with van der Waals surface area (Å²) in [6.07, 6.45) is 4.25. The van der Waals surface area contributed by atoms with E-state index in [0.29, 0.717) is 11.9 Å². The van der Waals surface area contributed by atoms with E-state index in [1.165, 1.54) is 12.8 Å². The molecule has 1 aromatic carbocycles. The maximum Gasteiger partial charge on any atom is 0.229 e. The van der Waals surface area contributed by atoms with Gasteiger partial charge in [-0.05, 0) is 51.3 Å². The Morgan fingerprint density at radius 1 is 1.15 bits per heavy atom. The number of aromatic amines is 1. The van der Waals surface area contributed by atoms with Crippen LogP contribution in [-0.4, -0.2) is 20.2 Å². The molecular weight excluding hydrogens is 338 g/mol. The first-order valence-electron chi connectivity index (χ1n) is 9.21. The summed E-state index contributed by atoms with van der Waals surface area (Å²) in [5, 5.41) is 13.9. The van der Waals surface area contributed by atoms with E-state index in [4.69, 9.17) is 5.73 Å². The monoisotopic (exact) mass is 363 g/mol. The second kappa shape index (κ2) is 6.66. The largest absolute Gasteiger partial charge is 0.325 e. The molecule has 7 heteroatoms. The van der Waals surface area contributed by atoms with Gasteiger partial charge in [0.25, 0.3) is 0 Å². The molecule has 7 nitrogen and oxygen atoms in total. The van der Waals surface area contributed by atoms with Crippen LogP contribution in [-0.2, 0) is 5.54 Å². The average Bonchev–Trinajstić information content (AvgIpc) is 3.37. The number of aryl methyl sites for hydroxylation is 1. The first-order valence-corrected chi connectivity index (χ1v) is 9.21. The number of hydrogen-bond acceptors (Lipinski definition) is 6. The van der Waals surface area contributed by atoms with E-state index in [1.54, 1.807) is 6.20 Å². The highest BCUT2D eigenvalue weighted by Gasteiger charge is 2.26. The number of nitrogens with one attached hydrogen (secondary N) is 3. The van der Waals surface area contributed by atoms with Gasteiger partial charge >= 0.3 is 0 Å². The Hall–Kier alpha value is -2.93. The molecule has 1 aliphatic rings. The van der Waals surface area contributed by atoms with Crippen LogP contribution >= 0.6 is 0 Å². The van der Waals surface area contributed by atoms with Crippen LogP contribution in [0.3, 0.4) is 0 Å². The highest BCUT2D eigenvalue weighted by Crippen LogP contribution is 2.39. The van der Waals surface area contributed by atoms with Crippen LogP contribution in [0.1, 0.15) is 49.4 Å². The number of anilines is 4. The average molecular weight is 363 g/mol. The van der Waals surface area contributed by atoms with Crippen molar-refractivity contribution in [3.05, 3.63) is 53.3 Å². The highest BCUT2D eigenvalue weighted by atomic mass is 15.2. The van der Waals surface area contributed by atoms with Gasteiger partial charge in [0.1, 0.15) is 11.6 Å². The normalized spacial score (nSPS) is 14.2. The van der Waals surface area contributed by atoms with Crippen molar-refractivity contribution in [1.82, 2.24) is 20.2 Å². The summed E-state index contributed by atoms with van der Waals surface area (Å²) in [4.78, 5) is 8.98. The maximum absolute atomic E-state index is 6.13. The van der Waals surface area contributed by atoms with Gasteiger partial charge in [-0.2, -0.15) is 10.1 Å². The Morgan fingerprint density at radius 3 is 2.56 bits per heavy atom. The third-order valence-electron chi connectivity index (χ3n) is 4.70. The number of benzene rings is 1. The van der Waals surface area contributed by atoms with Crippen LogP contribution in [0.25, 0.3) is 0 Å². The molecule has 1 saturated carbocycles. The predicted octanol–water partition coefficient (Wildman–Crippen LogP) is 4.07. The van der Waals surface area contributed by atoms with Gasteiger partial charge in [0, 0.05) is 35.0 Å². The molecule has 0 aliphatic heterocycles. The Kier molecular flexibility index (Phi) is 4.31. The molecule has 0 unspecified atom stereocenters. The molecule has 0 bridgehead atoms. The number of H-pyrrole nitrogens is 1. The van der Waals surface area contributed by atoms with E-state index < -0.39 is 0 Å². The molecule has 0 saturated heterocycles. The van der Waals surface area contributed by atoms with E-state index in [2.05, 4.69) is 36.9 Å². The number of nitrogens with two attached hydrogens (primary N) is 1. The van der Waals surface area contributed by atoms with E-state index in [9.17, 15) is 0 Å². The first-order chi connectivity index (χ1) is 12.9. The second-order valence-corrected chi connectivity index (χ2v) is 7.76. The minimum atomic E-state index is -0.362. The van der Waals surface area contributed by atoms with Gasteiger partial charge in [-0.15, -0.1) is 0 Å². The van der Waals surface area contributed by atoms with Crippen LogP contribution in [0, 0.1) is 6.92 Å². The Morgan fingerprint density at radius 2 is 1.89 bits per heavy atom. The fraction of sp³-hybridized carbons (Fsp3) is 0.350. The molecule has 4 rings (SSSR count). The fourth-order valence-electron chi connectivity index (χ4n) is 2.86. The standard InChI is InChI=1S/C20H25N7/c1-12-11-22-19(23-15-8-6-14(7-9-15)20(2,3)21)25-18(12)24-17-10-16(26-27-17)13-4-5-13/h6-11,13H,4-5,21H2,1-3H3,(H3,22,23,24,25,26,27). The molecule has 5 N–H and O–H groups in total. The van der Waals surface area contributed by atoms with Gasteiger partial charge in [0.15, 0.2) is 0 Å². The Labute approximate surface area is 158 Å². The molecule has 0 spiro atoms. The zero-order valence-electron chi connectivity index (χ0n) is 15.9. The lowest BCUT2D eigenvalue weighted by molar-refractivity contribution is 0.554. The number of aromatic nitrogens is 4. The zero-order chi connectivity index (χ0) is 19.0. The maximum atomic E-state index is 6.13. The third kappa shape index (κ3) is 4.09. The van der Waals surface area contributed by atoms with E-state index in [1.807, 2.05) is 45.0 Å². The molecule has 2 heterocycles. The molecule has 3 aromatic rings. The van der Waals surface area contributed by atoms with Gasteiger partial charge < -0.3 is 16.4 Å². The van der Waals surface area contributed by atoms with Crippen LogP contribution < -0.4 is 16.4 Å². The number of nitrogens with zero attached hydrogens (tertiary/aromatic N) is 3. The summed E-state index contributed by atoms with van der Waals surface area (Å²) in [6.45, 7) is 5.95. The molecular formula is C20H25N7. The van der Waals surface area contributed by atoms with Crippen molar-refractivity contribution >= 4 is 23.3 Å². The van der Waals surface area contributed by atoms with Crippen molar-refractivity contribution in [2.24, 2.45) is 5.73 Å². The Balaban J connectivity index is 1.49. The number of hydrogen-bond donors (Lipinski definition) is 4. The van der Waals surface area contributed by atoms with E-state index in [-0.39, 0.29) is 5.54 Å². The summed E-state index contributed by atoms with van der Waals surface area (Å²) in [6, 6.07) is 10.0. The summed E-state index contributed by atoms with van der Waals surface area (Å²) in [7, 11) is 0. The van der Waals surface area contributed by atoms with Crippen LogP contribution in [0.5, 0.6) is 0 Å². The first kappa shape index (κ1) is 17.5. The van der Waals surface area contributed by atoms with Crippen LogP contribution in [0.2, 0.25) is 0 Å². The SMILES string of the molecule is Cc1cnc(Nc2ccc(C(C)(C)N)cc2)nc1Nc1cc(C2CC2)n[nH]1. The van der Waals surface area contributed by atoms with Gasteiger partial charge in [0.05, 0.1) is 5.69 Å². The van der Waals surface area contributed by atoms with Crippen molar-refractivity contribution in [3.8, 4) is 0 Å². The van der Waals surface area contributed by atoms with Crippen LogP contribution in [0.4, 0.5) is 23.3 Å². The molecule has 2 aromatic heterocycles. The van der Waals surface area contributed by atoms with Crippen LogP contribution in [0.15, 0.2) is 36.5 Å². The quantitative estimate of drug-likeness (QED) is 0.526. The molecule has 1 aliphatic carbocycles. The molecule has 1 fully saturated rings. The predicted molar refractivity (Wildman–Crippen MR) is 108 cm³/mol. The van der Waals surface area contributed by atoms with Gasteiger partial charge in [0.2, 0.25) is 5.95 Å². The van der Waals surface area contributed by atoms with Crippen molar-refractivity contribution in [1.29, 1.82) is 0 Å². The molecule has 140 valence electrons. The molecule has 0 amide bonds. The lowest BCUT2D eigenvalue weighted by Gasteiger charge is -2.19. The third-order valence-corrected chi connectivity index (χ3v) is 4.70. The smallest absolute Gasteiger partial charge is 0.229 e. The molecule has 0 atom stereocenters. The second-order valence-electron chi connectivity index (χ2n) is 7.76. The van der Waals surface area contributed by atoms with Crippen molar-refractivity contribution in [2.45, 2.75) is 45.1 Å². The topological polar surface area (TPSA) is 105 Å². The van der Waals surface area contributed by atoms with E-state index >= 15 is 0 Å². The summed E-state index contributed by atoms with van der Waals surface area (Å²) in [5.74, 6) is 2.74. The summed E-state index contributed by atoms with van der Waals surface area (Å²) in [5.41, 5.74) is 9.84. The Bertz CT molecular complexity index is 934. The molecule has 27 heavy (non-hydrogen) atoms. The highest BCUT2D eigenvalue weighted by molar-refractivity contribution is 5.60.